The molecule has 1 heterocycles. The third-order valence-corrected chi connectivity index (χ3v) is 3.33. The molecule has 0 aliphatic rings. The number of hydrazine groups is 1. The van der Waals surface area contributed by atoms with E-state index in [2.05, 4.69) is 26.1 Å². The van der Waals surface area contributed by atoms with Crippen molar-refractivity contribution in [3.05, 3.63) is 45.8 Å². The Labute approximate surface area is 140 Å². The van der Waals surface area contributed by atoms with E-state index in [-0.39, 0.29) is 22.9 Å². The Bertz CT molecular complexity index is 755. The highest BCUT2D eigenvalue weighted by atomic mass is 16.6. The van der Waals surface area contributed by atoms with Crippen LogP contribution in [0.15, 0.2) is 24.5 Å². The normalized spacial score (nSPS) is 11.2. The first kappa shape index (κ1) is 17.6. The zero-order valence-corrected chi connectivity index (χ0v) is 14.5. The van der Waals surface area contributed by atoms with E-state index in [0.717, 1.165) is 16.8 Å². The second-order valence-corrected chi connectivity index (χ2v) is 6.60. The fraction of sp³-hybridized carbons (Fsp3) is 0.375. The maximum atomic E-state index is 11.5. The van der Waals surface area contributed by atoms with Crippen LogP contribution in [0.25, 0.3) is 0 Å². The van der Waals surface area contributed by atoms with E-state index in [1.165, 1.54) is 6.33 Å². The van der Waals surface area contributed by atoms with E-state index in [1.54, 1.807) is 0 Å². The molecule has 8 heteroatoms. The first-order valence-electron chi connectivity index (χ1n) is 7.54. The molecule has 2 rings (SSSR count). The number of nitrogens with one attached hydrogen (secondary N) is 3. The van der Waals surface area contributed by atoms with Crippen LogP contribution < -0.4 is 16.2 Å². The van der Waals surface area contributed by atoms with Crippen molar-refractivity contribution in [3.63, 3.8) is 0 Å². The molecule has 128 valence electrons. The molecular formula is C16H22N6O2. The van der Waals surface area contributed by atoms with Crippen molar-refractivity contribution in [3.8, 4) is 0 Å². The minimum atomic E-state index is -0.504. The van der Waals surface area contributed by atoms with Gasteiger partial charge in [-0.25, -0.2) is 15.4 Å². The van der Waals surface area contributed by atoms with Crippen LogP contribution in [0.5, 0.6) is 0 Å². The summed E-state index contributed by atoms with van der Waals surface area (Å²) in [5.74, 6) is 0.243. The molecule has 0 spiro atoms. The molecule has 1 aromatic heterocycles. The molecule has 0 saturated heterocycles. The Morgan fingerprint density at radius 2 is 1.75 bits per heavy atom. The van der Waals surface area contributed by atoms with Gasteiger partial charge in [0.2, 0.25) is 11.6 Å². The fourth-order valence-corrected chi connectivity index (χ4v) is 1.94. The molecule has 1 aromatic carbocycles. The number of nitrogens with zero attached hydrogens (tertiary/aromatic N) is 3. The molecule has 3 N–H and O–H groups in total. The molecule has 2 aromatic rings. The van der Waals surface area contributed by atoms with E-state index >= 15 is 0 Å². The van der Waals surface area contributed by atoms with Gasteiger partial charge in [-0.05, 0) is 57.9 Å². The molecule has 0 unspecified atom stereocenters. The van der Waals surface area contributed by atoms with Crippen molar-refractivity contribution in [2.24, 2.45) is 0 Å². The second-order valence-electron chi connectivity index (χ2n) is 6.60. The SMILES string of the molecule is Cc1ccc(Nc2ncnc(NNC(C)(C)C)c2[N+](=O)[O-])cc1C. The Balaban J connectivity index is 2.35. The van der Waals surface area contributed by atoms with E-state index in [0.29, 0.717) is 0 Å². The summed E-state index contributed by atoms with van der Waals surface area (Å²) in [6.45, 7) is 9.78. The van der Waals surface area contributed by atoms with Crippen LogP contribution in [-0.2, 0) is 0 Å². The van der Waals surface area contributed by atoms with Gasteiger partial charge in [0.05, 0.1) is 4.92 Å². The lowest BCUT2D eigenvalue weighted by molar-refractivity contribution is -0.383. The van der Waals surface area contributed by atoms with E-state index in [4.69, 9.17) is 0 Å². The van der Waals surface area contributed by atoms with Gasteiger partial charge in [-0.1, -0.05) is 6.07 Å². The first-order valence-corrected chi connectivity index (χ1v) is 7.54. The van der Waals surface area contributed by atoms with Gasteiger partial charge in [0.25, 0.3) is 0 Å². The topological polar surface area (TPSA) is 105 Å². The summed E-state index contributed by atoms with van der Waals surface area (Å²) in [5.41, 5.74) is 8.24. The molecule has 0 saturated carbocycles. The number of hydrogen-bond donors (Lipinski definition) is 3. The van der Waals surface area contributed by atoms with Crippen LogP contribution in [0.1, 0.15) is 31.9 Å². The van der Waals surface area contributed by atoms with E-state index in [9.17, 15) is 10.1 Å². The Kier molecular flexibility index (Phi) is 4.99. The summed E-state index contributed by atoms with van der Waals surface area (Å²) >= 11 is 0. The predicted octanol–water partition coefficient (Wildman–Crippen LogP) is 3.46. The summed E-state index contributed by atoms with van der Waals surface area (Å²) in [4.78, 5) is 19.0. The van der Waals surface area contributed by atoms with Crippen molar-refractivity contribution in [1.82, 2.24) is 15.4 Å². The lowest BCUT2D eigenvalue weighted by Crippen LogP contribution is -2.40. The van der Waals surface area contributed by atoms with E-state index < -0.39 is 4.92 Å². The zero-order chi connectivity index (χ0) is 17.9. The average molecular weight is 330 g/mol. The molecule has 0 aliphatic heterocycles. The standard InChI is InChI=1S/C16H22N6O2/c1-10-6-7-12(8-11(10)2)19-14-13(22(23)24)15(18-9-17-14)20-21-16(3,4)5/h6-9,21H,1-5H3,(H2,17,18,19,20). The molecule has 24 heavy (non-hydrogen) atoms. The van der Waals surface area contributed by atoms with Gasteiger partial charge in [-0.15, -0.1) is 0 Å². The minimum Gasteiger partial charge on any atom is -0.334 e. The lowest BCUT2D eigenvalue weighted by atomic mass is 10.1. The van der Waals surface area contributed by atoms with Gasteiger partial charge in [0.1, 0.15) is 6.33 Å². The average Bonchev–Trinajstić information content (AvgIpc) is 2.48. The van der Waals surface area contributed by atoms with Crippen LogP contribution in [0, 0.1) is 24.0 Å². The van der Waals surface area contributed by atoms with Crippen LogP contribution >= 0.6 is 0 Å². The van der Waals surface area contributed by atoms with Crippen molar-refractivity contribution < 1.29 is 4.92 Å². The summed E-state index contributed by atoms with van der Waals surface area (Å²) in [6.07, 6.45) is 1.28. The van der Waals surface area contributed by atoms with Crippen molar-refractivity contribution in [2.45, 2.75) is 40.2 Å². The molecular weight excluding hydrogens is 308 g/mol. The number of aryl methyl sites for hydroxylation is 2. The number of nitro groups is 1. The fourth-order valence-electron chi connectivity index (χ4n) is 1.94. The van der Waals surface area contributed by atoms with Crippen molar-refractivity contribution >= 4 is 23.0 Å². The van der Waals surface area contributed by atoms with E-state index in [1.807, 2.05) is 52.8 Å². The maximum absolute atomic E-state index is 11.5. The zero-order valence-electron chi connectivity index (χ0n) is 14.5. The monoisotopic (exact) mass is 330 g/mol. The van der Waals surface area contributed by atoms with Gasteiger partial charge < -0.3 is 5.32 Å². The highest BCUT2D eigenvalue weighted by molar-refractivity contribution is 5.73. The van der Waals surface area contributed by atoms with Crippen LogP contribution in [0.3, 0.4) is 0 Å². The van der Waals surface area contributed by atoms with Gasteiger partial charge in [0, 0.05) is 11.2 Å². The number of benzene rings is 1. The molecule has 0 amide bonds. The van der Waals surface area contributed by atoms with Crippen molar-refractivity contribution in [1.29, 1.82) is 0 Å². The smallest absolute Gasteiger partial charge is 0.334 e. The van der Waals surface area contributed by atoms with Crippen LogP contribution in [-0.4, -0.2) is 20.4 Å². The van der Waals surface area contributed by atoms with Crippen LogP contribution in [0.2, 0.25) is 0 Å². The molecule has 0 fully saturated rings. The Morgan fingerprint density at radius 1 is 1.08 bits per heavy atom. The predicted molar refractivity (Wildman–Crippen MR) is 94.4 cm³/mol. The summed E-state index contributed by atoms with van der Waals surface area (Å²) in [7, 11) is 0. The number of anilines is 3. The number of hydrogen-bond acceptors (Lipinski definition) is 7. The molecule has 0 radical (unpaired) electrons. The number of rotatable bonds is 5. The quantitative estimate of drug-likeness (QED) is 0.569. The summed E-state index contributed by atoms with van der Waals surface area (Å²) in [5, 5.41) is 14.5. The summed E-state index contributed by atoms with van der Waals surface area (Å²) < 4.78 is 0. The van der Waals surface area contributed by atoms with Gasteiger partial charge in [0.15, 0.2) is 0 Å². The Morgan fingerprint density at radius 3 is 2.33 bits per heavy atom. The molecule has 0 bridgehead atoms. The van der Waals surface area contributed by atoms with Crippen molar-refractivity contribution in [2.75, 3.05) is 10.7 Å². The van der Waals surface area contributed by atoms with Crippen LogP contribution in [0.4, 0.5) is 23.0 Å². The molecule has 0 atom stereocenters. The minimum absolute atomic E-state index is 0.108. The summed E-state index contributed by atoms with van der Waals surface area (Å²) in [6, 6.07) is 5.72. The Hall–Kier alpha value is -2.74. The largest absolute Gasteiger partial charge is 0.354 e. The van der Waals surface area contributed by atoms with Gasteiger partial charge >= 0.3 is 5.69 Å². The highest BCUT2D eigenvalue weighted by Crippen LogP contribution is 2.31. The number of aromatic nitrogens is 2. The van der Waals surface area contributed by atoms with Gasteiger partial charge in [-0.3, -0.25) is 15.5 Å². The second kappa shape index (κ2) is 6.79. The lowest BCUT2D eigenvalue weighted by Gasteiger charge is -2.21. The molecule has 0 aliphatic carbocycles. The third-order valence-electron chi connectivity index (χ3n) is 3.33. The first-order chi connectivity index (χ1) is 11.2. The molecule has 8 nitrogen and oxygen atoms in total. The highest BCUT2D eigenvalue weighted by Gasteiger charge is 2.24. The third kappa shape index (κ3) is 4.39. The van der Waals surface area contributed by atoms with Gasteiger partial charge in [-0.2, -0.15) is 0 Å². The maximum Gasteiger partial charge on any atom is 0.354 e.